The average Bonchev–Trinajstić information content (AvgIpc) is 3.15. The minimum absolute atomic E-state index is 0. The number of halogens is 1. The Morgan fingerprint density at radius 1 is 0.625 bits per heavy atom. The van der Waals surface area contributed by atoms with Crippen molar-refractivity contribution in [2.24, 2.45) is 0 Å². The second-order valence-electron chi connectivity index (χ2n) is 7.83. The van der Waals surface area contributed by atoms with E-state index in [2.05, 4.69) is 26.5 Å². The second kappa shape index (κ2) is 13.4. The Bertz CT molecular complexity index is 300. The highest BCUT2D eigenvalue weighted by Crippen LogP contribution is 2.51. The first kappa shape index (κ1) is 24.2. The zero-order valence-corrected chi connectivity index (χ0v) is 17.6. The van der Waals surface area contributed by atoms with Gasteiger partial charge in [-0.15, -0.1) is 0 Å². The maximum absolute atomic E-state index is 6.20. The van der Waals surface area contributed by atoms with Gasteiger partial charge in [0.15, 0.2) is 5.60 Å². The fourth-order valence-electron chi connectivity index (χ4n) is 4.04. The molecule has 1 aliphatic rings. The summed E-state index contributed by atoms with van der Waals surface area (Å²) in [5.41, 5.74) is 4.54. The molecular weight excluding hydrogens is 318 g/mol. The Hall–Kier alpha value is 0.210. The van der Waals surface area contributed by atoms with Gasteiger partial charge in [-0.2, -0.15) is 0 Å². The van der Waals surface area contributed by atoms with E-state index >= 15 is 0 Å². The lowest BCUT2D eigenvalue weighted by Gasteiger charge is -2.12. The van der Waals surface area contributed by atoms with Crippen molar-refractivity contribution in [3.05, 3.63) is 0 Å². The smallest absolute Gasteiger partial charge is 0.229 e. The highest BCUT2D eigenvalue weighted by Gasteiger charge is 2.69. The standard InChI is InChI=1S/C21H43NO.ClH/c1-4-7-9-11-13-15-17-19-21(22)20(6-3,23-21)18-16-14-12-10-8-5-2;/h4-19,22H2,1-3H3;1H. The molecule has 0 radical (unpaired) electrons. The van der Waals surface area contributed by atoms with Gasteiger partial charge in [0.25, 0.3) is 0 Å². The summed E-state index contributed by atoms with van der Waals surface area (Å²) < 4.78 is 6.20. The van der Waals surface area contributed by atoms with Crippen LogP contribution in [0.3, 0.4) is 0 Å². The van der Waals surface area contributed by atoms with Gasteiger partial charge in [0, 0.05) is 6.42 Å². The van der Waals surface area contributed by atoms with Crippen LogP contribution in [0.5, 0.6) is 0 Å². The van der Waals surface area contributed by atoms with Gasteiger partial charge in [-0.05, 0) is 19.3 Å². The first-order valence-corrected chi connectivity index (χ1v) is 10.7. The molecule has 0 aromatic rings. The maximum Gasteiger partial charge on any atom is 0.229 e. The van der Waals surface area contributed by atoms with E-state index in [-0.39, 0.29) is 23.7 Å². The molecule has 2 atom stereocenters. The summed E-state index contributed by atoms with van der Waals surface area (Å²) in [7, 11) is 0. The Kier molecular flexibility index (Phi) is 13.5. The molecule has 1 saturated heterocycles. The van der Waals surface area contributed by atoms with Crippen LogP contribution in [-0.2, 0) is 4.74 Å². The van der Waals surface area contributed by atoms with Gasteiger partial charge in [-0.1, -0.05) is 97.8 Å². The molecule has 3 heteroatoms. The molecule has 0 saturated carbocycles. The van der Waals surface area contributed by atoms with Gasteiger partial charge in [-0.25, -0.2) is 0 Å². The zero-order valence-electron chi connectivity index (χ0n) is 16.8. The molecule has 0 aromatic carbocycles. The molecule has 1 fully saturated rings. The van der Waals surface area contributed by atoms with Gasteiger partial charge < -0.3 is 22.9 Å². The van der Waals surface area contributed by atoms with Gasteiger partial charge in [-0.3, -0.25) is 0 Å². The van der Waals surface area contributed by atoms with E-state index in [0.29, 0.717) is 0 Å². The molecule has 3 N–H and O–H groups in total. The molecule has 1 heterocycles. The minimum Gasteiger partial charge on any atom is -1.00 e. The van der Waals surface area contributed by atoms with Crippen molar-refractivity contribution in [2.75, 3.05) is 0 Å². The summed E-state index contributed by atoms with van der Waals surface area (Å²) in [4.78, 5) is 0. The van der Waals surface area contributed by atoms with Crippen LogP contribution in [0.15, 0.2) is 0 Å². The number of quaternary nitrogens is 1. The Morgan fingerprint density at radius 3 is 1.50 bits per heavy atom. The van der Waals surface area contributed by atoms with Crippen LogP contribution < -0.4 is 18.1 Å². The van der Waals surface area contributed by atoms with Gasteiger partial charge in [0.2, 0.25) is 5.72 Å². The van der Waals surface area contributed by atoms with Crippen LogP contribution in [0.2, 0.25) is 0 Å². The van der Waals surface area contributed by atoms with Crippen LogP contribution >= 0.6 is 0 Å². The summed E-state index contributed by atoms with van der Waals surface area (Å²) >= 11 is 0. The predicted molar refractivity (Wildman–Crippen MR) is 100 cm³/mol. The van der Waals surface area contributed by atoms with Crippen LogP contribution in [0.1, 0.15) is 124 Å². The Balaban J connectivity index is 0.00000529. The fourth-order valence-corrected chi connectivity index (χ4v) is 4.04. The van der Waals surface area contributed by atoms with E-state index in [1.807, 2.05) is 0 Å². The normalized spacial score (nSPS) is 25.5. The number of epoxide rings is 1. The van der Waals surface area contributed by atoms with E-state index in [0.717, 1.165) is 6.42 Å². The Morgan fingerprint density at radius 2 is 1.04 bits per heavy atom. The SMILES string of the molecule is CCCCCCCCCC1([NH3+])OC1(CC)CCCCCCCC.[Cl-]. The number of hydrogen-bond donors (Lipinski definition) is 1. The van der Waals surface area contributed by atoms with E-state index < -0.39 is 0 Å². The first-order valence-electron chi connectivity index (χ1n) is 10.7. The largest absolute Gasteiger partial charge is 1.00 e. The van der Waals surface area contributed by atoms with Gasteiger partial charge in [0.05, 0.1) is 0 Å². The van der Waals surface area contributed by atoms with Gasteiger partial charge in [0.1, 0.15) is 0 Å². The van der Waals surface area contributed by atoms with E-state index in [1.165, 1.54) is 96.3 Å². The molecule has 2 nitrogen and oxygen atoms in total. The molecule has 146 valence electrons. The van der Waals surface area contributed by atoms with Crippen LogP contribution in [0, 0.1) is 0 Å². The third-order valence-corrected chi connectivity index (χ3v) is 5.87. The second-order valence-corrected chi connectivity index (χ2v) is 7.83. The maximum atomic E-state index is 6.20. The van der Waals surface area contributed by atoms with Crippen molar-refractivity contribution in [1.82, 2.24) is 0 Å². The molecule has 0 amide bonds. The average molecular weight is 362 g/mol. The van der Waals surface area contributed by atoms with Crippen LogP contribution in [0.4, 0.5) is 0 Å². The molecule has 1 rings (SSSR count). The molecule has 2 unspecified atom stereocenters. The van der Waals surface area contributed by atoms with Crippen molar-refractivity contribution < 1.29 is 22.9 Å². The number of ether oxygens (including phenoxy) is 1. The van der Waals surface area contributed by atoms with Gasteiger partial charge >= 0.3 is 0 Å². The molecule has 0 aliphatic carbocycles. The van der Waals surface area contributed by atoms with Crippen molar-refractivity contribution in [1.29, 1.82) is 0 Å². The summed E-state index contributed by atoms with van der Waals surface area (Å²) in [6, 6.07) is 0. The summed E-state index contributed by atoms with van der Waals surface area (Å²) in [6.07, 6.45) is 21.4. The third-order valence-electron chi connectivity index (χ3n) is 5.87. The monoisotopic (exact) mass is 361 g/mol. The highest BCUT2D eigenvalue weighted by atomic mass is 35.5. The summed E-state index contributed by atoms with van der Waals surface area (Å²) in [5.74, 6) is 0. The lowest BCUT2D eigenvalue weighted by molar-refractivity contribution is -0.474. The minimum atomic E-state index is -0.0470. The van der Waals surface area contributed by atoms with Crippen molar-refractivity contribution >= 4 is 0 Å². The lowest BCUT2D eigenvalue weighted by atomic mass is 9.88. The molecule has 24 heavy (non-hydrogen) atoms. The van der Waals surface area contributed by atoms with E-state index in [9.17, 15) is 0 Å². The predicted octanol–water partition coefficient (Wildman–Crippen LogP) is 3.00. The van der Waals surface area contributed by atoms with Crippen molar-refractivity contribution in [3.63, 3.8) is 0 Å². The fraction of sp³-hybridized carbons (Fsp3) is 1.00. The van der Waals surface area contributed by atoms with E-state index in [4.69, 9.17) is 4.74 Å². The van der Waals surface area contributed by atoms with E-state index in [1.54, 1.807) is 0 Å². The Labute approximate surface area is 158 Å². The molecule has 0 spiro atoms. The van der Waals surface area contributed by atoms with Crippen LogP contribution in [0.25, 0.3) is 0 Å². The number of hydrogen-bond acceptors (Lipinski definition) is 1. The highest BCUT2D eigenvalue weighted by molar-refractivity contribution is 5.06. The lowest BCUT2D eigenvalue weighted by Crippen LogP contribution is -3.00. The zero-order chi connectivity index (χ0) is 17.0. The quantitative estimate of drug-likeness (QED) is 0.333. The topological polar surface area (TPSA) is 40.2 Å². The summed E-state index contributed by atoms with van der Waals surface area (Å²) in [5, 5.41) is 0. The van der Waals surface area contributed by atoms with Crippen LogP contribution in [-0.4, -0.2) is 11.3 Å². The number of unbranched alkanes of at least 4 members (excludes halogenated alkanes) is 11. The first-order chi connectivity index (χ1) is 11.1. The van der Waals surface area contributed by atoms with Crippen molar-refractivity contribution in [2.45, 2.75) is 135 Å². The molecule has 0 bridgehead atoms. The molecule has 1 aliphatic heterocycles. The number of rotatable bonds is 16. The summed E-state index contributed by atoms with van der Waals surface area (Å²) in [6.45, 7) is 6.85. The van der Waals surface area contributed by atoms with Crippen molar-refractivity contribution in [3.8, 4) is 0 Å². The molecule has 0 aromatic heterocycles. The third kappa shape index (κ3) is 8.06. The molecular formula is C21H44ClNO.